The summed E-state index contributed by atoms with van der Waals surface area (Å²) in [6, 6.07) is 3.19. The number of rotatable bonds is 8. The highest BCUT2D eigenvalue weighted by atomic mass is 16.5. The number of aliphatic carboxylic acids is 1. The minimum Gasteiger partial charge on any atom is -0.493 e. The van der Waals surface area contributed by atoms with Crippen molar-refractivity contribution in [1.82, 2.24) is 4.90 Å². The van der Waals surface area contributed by atoms with Crippen molar-refractivity contribution < 1.29 is 28.9 Å². The van der Waals surface area contributed by atoms with Crippen LogP contribution in [0, 0.1) is 11.3 Å². The smallest absolute Gasteiger partial charge is 0.326 e. The molecule has 2 amide bonds. The third kappa shape index (κ3) is 4.91. The van der Waals surface area contributed by atoms with Crippen molar-refractivity contribution in [2.75, 3.05) is 33.2 Å². The lowest BCUT2D eigenvalue weighted by Gasteiger charge is -2.26. The van der Waals surface area contributed by atoms with E-state index in [4.69, 9.17) is 24.6 Å². The van der Waals surface area contributed by atoms with Gasteiger partial charge in [-0.1, -0.05) is 0 Å². The molecule has 0 aliphatic heterocycles. The van der Waals surface area contributed by atoms with Crippen molar-refractivity contribution in [2.24, 2.45) is 0 Å². The Morgan fingerprint density at radius 1 is 1.24 bits per heavy atom. The van der Waals surface area contributed by atoms with Crippen LogP contribution >= 0.6 is 0 Å². The van der Waals surface area contributed by atoms with Gasteiger partial charge in [0.1, 0.15) is 6.04 Å². The Morgan fingerprint density at radius 2 is 1.80 bits per heavy atom. The van der Waals surface area contributed by atoms with Crippen LogP contribution in [0.4, 0.5) is 10.5 Å². The molecule has 1 rings (SSSR count). The number of ether oxygens (including phenoxy) is 3. The number of carbonyl (C=O) groups is 2. The van der Waals surface area contributed by atoms with E-state index in [2.05, 4.69) is 5.32 Å². The molecule has 0 aliphatic rings. The maximum Gasteiger partial charge on any atom is 0.326 e. The van der Waals surface area contributed by atoms with E-state index in [-0.39, 0.29) is 13.0 Å². The average molecular weight is 351 g/mol. The molecule has 0 aromatic heterocycles. The van der Waals surface area contributed by atoms with Gasteiger partial charge in [-0.3, -0.25) is 0 Å². The number of nitriles is 1. The van der Waals surface area contributed by atoms with Crippen molar-refractivity contribution in [3.63, 3.8) is 0 Å². The molecule has 0 fully saturated rings. The maximum absolute atomic E-state index is 12.4. The molecule has 9 heteroatoms. The SMILES string of the molecule is COc1cc(NC(=O)N(CCC#N)C(C)C(=O)O)cc(OC)c1OC. The second kappa shape index (κ2) is 9.22. The molecule has 0 saturated carbocycles. The fraction of sp³-hybridized carbons (Fsp3) is 0.438. The van der Waals surface area contributed by atoms with Crippen molar-refractivity contribution in [1.29, 1.82) is 5.26 Å². The molecule has 1 aromatic rings. The number of urea groups is 1. The molecule has 0 bridgehead atoms. The fourth-order valence-corrected chi connectivity index (χ4v) is 2.12. The largest absolute Gasteiger partial charge is 0.493 e. The molecule has 9 nitrogen and oxygen atoms in total. The van der Waals surface area contributed by atoms with Gasteiger partial charge in [-0.15, -0.1) is 0 Å². The number of carbonyl (C=O) groups excluding carboxylic acids is 1. The topological polar surface area (TPSA) is 121 Å². The Labute approximate surface area is 145 Å². The number of nitrogens with zero attached hydrogens (tertiary/aromatic N) is 2. The van der Waals surface area contributed by atoms with Crippen LogP contribution in [0.25, 0.3) is 0 Å². The van der Waals surface area contributed by atoms with Crippen LogP contribution in [-0.4, -0.2) is 55.9 Å². The first-order valence-electron chi connectivity index (χ1n) is 7.36. The normalized spacial score (nSPS) is 11.0. The van der Waals surface area contributed by atoms with Crippen LogP contribution < -0.4 is 19.5 Å². The van der Waals surface area contributed by atoms with Crippen molar-refractivity contribution >= 4 is 17.7 Å². The zero-order valence-electron chi connectivity index (χ0n) is 14.5. The Balaban J connectivity index is 3.11. The first-order chi connectivity index (χ1) is 11.9. The molecule has 0 saturated heterocycles. The molecule has 2 N–H and O–H groups in total. The summed E-state index contributed by atoms with van der Waals surface area (Å²) in [7, 11) is 4.33. The van der Waals surface area contributed by atoms with Gasteiger partial charge in [-0.2, -0.15) is 5.26 Å². The van der Waals surface area contributed by atoms with E-state index < -0.39 is 18.0 Å². The van der Waals surface area contributed by atoms with E-state index in [9.17, 15) is 9.59 Å². The average Bonchev–Trinajstić information content (AvgIpc) is 2.60. The standard InChI is InChI=1S/C16H21N3O6/c1-10(15(20)21)19(7-5-6-17)16(22)18-11-8-12(23-2)14(25-4)13(9-11)24-3/h8-10H,5,7H2,1-4H3,(H,18,22)(H,20,21). The Hall–Kier alpha value is -3.15. The molecule has 0 spiro atoms. The van der Waals surface area contributed by atoms with Gasteiger partial charge < -0.3 is 29.5 Å². The monoisotopic (exact) mass is 351 g/mol. The highest BCUT2D eigenvalue weighted by Gasteiger charge is 2.26. The minimum absolute atomic E-state index is 0.0137. The molecule has 1 unspecified atom stereocenters. The Morgan fingerprint density at radius 3 is 2.20 bits per heavy atom. The second-order valence-electron chi connectivity index (χ2n) is 4.96. The van der Waals surface area contributed by atoms with E-state index in [0.29, 0.717) is 22.9 Å². The number of benzene rings is 1. The number of hydrogen-bond acceptors (Lipinski definition) is 6. The fourth-order valence-electron chi connectivity index (χ4n) is 2.12. The van der Waals surface area contributed by atoms with E-state index in [1.807, 2.05) is 6.07 Å². The predicted molar refractivity (Wildman–Crippen MR) is 89.2 cm³/mol. The van der Waals surface area contributed by atoms with Crippen LogP contribution in [0.1, 0.15) is 13.3 Å². The van der Waals surface area contributed by atoms with E-state index in [0.717, 1.165) is 4.90 Å². The third-order valence-corrected chi connectivity index (χ3v) is 3.47. The zero-order chi connectivity index (χ0) is 19.0. The first-order valence-corrected chi connectivity index (χ1v) is 7.36. The molecule has 0 heterocycles. The summed E-state index contributed by atoms with van der Waals surface area (Å²) < 4.78 is 15.6. The summed E-state index contributed by atoms with van der Waals surface area (Å²) >= 11 is 0. The lowest BCUT2D eigenvalue weighted by Crippen LogP contribution is -2.45. The predicted octanol–water partition coefficient (Wildman–Crippen LogP) is 1.93. The van der Waals surface area contributed by atoms with Gasteiger partial charge >= 0.3 is 12.0 Å². The van der Waals surface area contributed by atoms with Crippen LogP contribution in [0.2, 0.25) is 0 Å². The highest BCUT2D eigenvalue weighted by molar-refractivity contribution is 5.93. The Kier molecular flexibility index (Phi) is 7.34. The lowest BCUT2D eigenvalue weighted by molar-refractivity contribution is -0.141. The number of amides is 2. The number of methoxy groups -OCH3 is 3. The Bertz CT molecular complexity index is 645. The number of hydrogen-bond donors (Lipinski definition) is 2. The summed E-state index contributed by atoms with van der Waals surface area (Å²) in [5, 5.41) is 20.4. The van der Waals surface area contributed by atoms with E-state index in [1.54, 1.807) is 0 Å². The number of anilines is 1. The lowest BCUT2D eigenvalue weighted by atomic mass is 10.2. The summed E-state index contributed by atoms with van der Waals surface area (Å²) in [6.45, 7) is 1.36. The number of carboxylic acids is 1. The summed E-state index contributed by atoms with van der Waals surface area (Å²) in [5.41, 5.74) is 0.332. The summed E-state index contributed by atoms with van der Waals surface area (Å²) in [4.78, 5) is 24.7. The van der Waals surface area contributed by atoms with Crippen LogP contribution in [-0.2, 0) is 4.79 Å². The summed E-state index contributed by atoms with van der Waals surface area (Å²) in [5.74, 6) is -0.125. The molecule has 1 aromatic carbocycles. The van der Waals surface area contributed by atoms with E-state index >= 15 is 0 Å². The van der Waals surface area contributed by atoms with Crippen LogP contribution in [0.3, 0.4) is 0 Å². The van der Waals surface area contributed by atoms with E-state index in [1.165, 1.54) is 40.4 Å². The van der Waals surface area contributed by atoms with Crippen molar-refractivity contribution in [3.8, 4) is 23.3 Å². The van der Waals surface area contributed by atoms with Gasteiger partial charge in [0, 0.05) is 18.7 Å². The minimum atomic E-state index is -1.17. The zero-order valence-corrected chi connectivity index (χ0v) is 14.5. The number of carboxylic acid groups (broad SMARTS) is 1. The molecule has 1 atom stereocenters. The highest BCUT2D eigenvalue weighted by Crippen LogP contribution is 2.40. The van der Waals surface area contributed by atoms with Gasteiger partial charge in [-0.25, -0.2) is 9.59 Å². The van der Waals surface area contributed by atoms with Gasteiger partial charge in [0.05, 0.1) is 39.5 Å². The van der Waals surface area contributed by atoms with Crippen LogP contribution in [0.15, 0.2) is 12.1 Å². The molecule has 25 heavy (non-hydrogen) atoms. The van der Waals surface area contributed by atoms with Crippen LogP contribution in [0.5, 0.6) is 17.2 Å². The first kappa shape index (κ1) is 19.9. The van der Waals surface area contributed by atoms with Gasteiger partial charge in [-0.05, 0) is 6.92 Å². The molecular weight excluding hydrogens is 330 g/mol. The molecule has 136 valence electrons. The molecule has 0 aliphatic carbocycles. The summed E-state index contributed by atoms with van der Waals surface area (Å²) in [6.07, 6.45) is 0.0142. The third-order valence-electron chi connectivity index (χ3n) is 3.47. The van der Waals surface area contributed by atoms with Crippen molar-refractivity contribution in [2.45, 2.75) is 19.4 Å². The van der Waals surface area contributed by atoms with Gasteiger partial charge in [0.25, 0.3) is 0 Å². The van der Waals surface area contributed by atoms with Gasteiger partial charge in [0.2, 0.25) is 5.75 Å². The van der Waals surface area contributed by atoms with Crippen molar-refractivity contribution in [3.05, 3.63) is 12.1 Å². The van der Waals surface area contributed by atoms with Gasteiger partial charge in [0.15, 0.2) is 11.5 Å². The molecule has 0 radical (unpaired) electrons. The number of nitrogens with one attached hydrogen (secondary N) is 1. The second-order valence-corrected chi connectivity index (χ2v) is 4.96. The maximum atomic E-state index is 12.4. The quantitative estimate of drug-likeness (QED) is 0.734. The molecular formula is C16H21N3O6.